The van der Waals surface area contributed by atoms with Crippen molar-refractivity contribution < 1.29 is 0 Å². The van der Waals surface area contributed by atoms with Crippen LogP contribution in [0.4, 0.5) is 0 Å². The molecule has 0 heterocycles. The predicted octanol–water partition coefficient (Wildman–Crippen LogP) is 4.00. The lowest BCUT2D eigenvalue weighted by atomic mass is 9.91. The first-order valence-corrected chi connectivity index (χ1v) is 5.39. The maximum Gasteiger partial charge on any atom is 0.0337 e. The van der Waals surface area contributed by atoms with Gasteiger partial charge in [0, 0.05) is 6.04 Å². The van der Waals surface area contributed by atoms with Crippen LogP contribution in [0.15, 0.2) is 24.3 Å². The lowest BCUT2D eigenvalue weighted by molar-refractivity contribution is 0.706. The Labute approximate surface area is 105 Å². The van der Waals surface area contributed by atoms with Gasteiger partial charge in [-0.25, -0.2) is 0 Å². The molecule has 1 rings (SSSR count). The molecule has 0 aromatic heterocycles. The van der Waals surface area contributed by atoms with Gasteiger partial charge in [-0.05, 0) is 50.8 Å². The normalized spacial score (nSPS) is 11.8. The lowest BCUT2D eigenvalue weighted by Gasteiger charge is -2.18. The number of nitrogens with two attached hydrogens (primary N) is 1. The smallest absolute Gasteiger partial charge is 0.0337 e. The Bertz CT molecular complexity index is 359. The van der Waals surface area contributed by atoms with Crippen LogP contribution in [0.2, 0.25) is 0 Å². The SMILES string of the molecule is C=C(C)C[C@H](N)c1c(C)cc(C)cc1C.Cl. The van der Waals surface area contributed by atoms with Gasteiger partial charge < -0.3 is 5.73 Å². The van der Waals surface area contributed by atoms with Crippen LogP contribution in [0, 0.1) is 20.8 Å². The van der Waals surface area contributed by atoms with Crippen LogP contribution in [-0.2, 0) is 0 Å². The molecule has 0 spiro atoms. The minimum absolute atomic E-state index is 0. The molecule has 0 radical (unpaired) electrons. The molecule has 0 aliphatic carbocycles. The van der Waals surface area contributed by atoms with E-state index in [2.05, 4.69) is 39.5 Å². The van der Waals surface area contributed by atoms with Crippen molar-refractivity contribution in [3.05, 3.63) is 46.5 Å². The third-order valence-corrected chi connectivity index (χ3v) is 2.68. The highest BCUT2D eigenvalue weighted by molar-refractivity contribution is 5.85. The van der Waals surface area contributed by atoms with Crippen molar-refractivity contribution in [1.82, 2.24) is 0 Å². The molecule has 0 saturated heterocycles. The zero-order chi connectivity index (χ0) is 11.6. The van der Waals surface area contributed by atoms with Crippen LogP contribution in [0.25, 0.3) is 0 Å². The van der Waals surface area contributed by atoms with Crippen molar-refractivity contribution >= 4 is 12.4 Å². The van der Waals surface area contributed by atoms with Gasteiger partial charge in [0.15, 0.2) is 0 Å². The lowest BCUT2D eigenvalue weighted by Crippen LogP contribution is -2.13. The number of halogens is 1. The van der Waals surface area contributed by atoms with Gasteiger partial charge in [-0.2, -0.15) is 0 Å². The molecule has 0 aliphatic heterocycles. The zero-order valence-electron chi connectivity index (χ0n) is 10.6. The van der Waals surface area contributed by atoms with Crippen molar-refractivity contribution in [1.29, 1.82) is 0 Å². The van der Waals surface area contributed by atoms with Gasteiger partial charge in [-0.3, -0.25) is 0 Å². The Morgan fingerprint density at radius 2 is 1.69 bits per heavy atom. The van der Waals surface area contributed by atoms with E-state index in [0.717, 1.165) is 12.0 Å². The Hall–Kier alpha value is -0.790. The van der Waals surface area contributed by atoms with Gasteiger partial charge in [-0.1, -0.05) is 23.3 Å². The highest BCUT2D eigenvalue weighted by atomic mass is 35.5. The number of benzene rings is 1. The van der Waals surface area contributed by atoms with Crippen LogP contribution in [0.3, 0.4) is 0 Å². The molecule has 0 amide bonds. The average molecular weight is 240 g/mol. The van der Waals surface area contributed by atoms with E-state index in [9.17, 15) is 0 Å². The summed E-state index contributed by atoms with van der Waals surface area (Å²) in [5, 5.41) is 0. The molecule has 0 aliphatic rings. The third kappa shape index (κ3) is 3.66. The molecule has 1 nitrogen and oxygen atoms in total. The molecule has 2 heteroatoms. The van der Waals surface area contributed by atoms with Gasteiger partial charge >= 0.3 is 0 Å². The number of aryl methyl sites for hydroxylation is 3. The van der Waals surface area contributed by atoms with Crippen molar-refractivity contribution in [3.63, 3.8) is 0 Å². The maximum absolute atomic E-state index is 6.19. The maximum atomic E-state index is 6.19. The predicted molar refractivity (Wildman–Crippen MR) is 74.3 cm³/mol. The van der Waals surface area contributed by atoms with Gasteiger partial charge in [0.1, 0.15) is 0 Å². The molecule has 1 atom stereocenters. The largest absolute Gasteiger partial charge is 0.324 e. The van der Waals surface area contributed by atoms with Gasteiger partial charge in [0.05, 0.1) is 0 Å². The summed E-state index contributed by atoms with van der Waals surface area (Å²) in [4.78, 5) is 0. The summed E-state index contributed by atoms with van der Waals surface area (Å²) in [5.41, 5.74) is 12.5. The molecule has 1 aromatic rings. The molecule has 0 fully saturated rings. The molecular weight excluding hydrogens is 218 g/mol. The second-order valence-electron chi connectivity index (χ2n) is 4.58. The zero-order valence-corrected chi connectivity index (χ0v) is 11.4. The average Bonchev–Trinajstić information content (AvgIpc) is 1.99. The molecular formula is C14H22ClN. The first-order chi connectivity index (χ1) is 6.91. The number of rotatable bonds is 3. The van der Waals surface area contributed by atoms with E-state index >= 15 is 0 Å². The van der Waals surface area contributed by atoms with E-state index in [-0.39, 0.29) is 18.4 Å². The Balaban J connectivity index is 0.00000225. The molecule has 16 heavy (non-hydrogen) atoms. The third-order valence-electron chi connectivity index (χ3n) is 2.68. The first kappa shape index (κ1) is 15.2. The first-order valence-electron chi connectivity index (χ1n) is 5.39. The van der Waals surface area contributed by atoms with Crippen LogP contribution < -0.4 is 5.73 Å². The molecule has 0 unspecified atom stereocenters. The van der Waals surface area contributed by atoms with E-state index in [1.165, 1.54) is 22.3 Å². The van der Waals surface area contributed by atoms with Crippen LogP contribution in [-0.4, -0.2) is 0 Å². The quantitative estimate of drug-likeness (QED) is 0.793. The van der Waals surface area contributed by atoms with Crippen molar-refractivity contribution in [2.75, 3.05) is 0 Å². The molecule has 90 valence electrons. The fourth-order valence-electron chi connectivity index (χ4n) is 2.25. The number of hydrogen-bond acceptors (Lipinski definition) is 1. The summed E-state index contributed by atoms with van der Waals surface area (Å²) in [7, 11) is 0. The summed E-state index contributed by atoms with van der Waals surface area (Å²) < 4.78 is 0. The monoisotopic (exact) mass is 239 g/mol. The van der Waals surface area contributed by atoms with Gasteiger partial charge in [-0.15, -0.1) is 19.0 Å². The van der Waals surface area contributed by atoms with Gasteiger partial charge in [0.25, 0.3) is 0 Å². The fourth-order valence-corrected chi connectivity index (χ4v) is 2.25. The highest BCUT2D eigenvalue weighted by Crippen LogP contribution is 2.25. The van der Waals surface area contributed by atoms with Crippen molar-refractivity contribution in [2.45, 2.75) is 40.2 Å². The summed E-state index contributed by atoms with van der Waals surface area (Å²) in [6, 6.07) is 4.48. The van der Waals surface area contributed by atoms with E-state index in [1.807, 2.05) is 6.92 Å². The second-order valence-corrected chi connectivity index (χ2v) is 4.58. The number of hydrogen-bond donors (Lipinski definition) is 1. The van der Waals surface area contributed by atoms with E-state index in [0.29, 0.717) is 0 Å². The Morgan fingerprint density at radius 3 is 2.06 bits per heavy atom. The second kappa shape index (κ2) is 6.07. The Kier molecular flexibility index (Phi) is 5.77. The summed E-state index contributed by atoms with van der Waals surface area (Å²) in [5.74, 6) is 0. The summed E-state index contributed by atoms with van der Waals surface area (Å²) in [6.45, 7) is 12.3. The van der Waals surface area contributed by atoms with E-state index in [1.54, 1.807) is 0 Å². The Morgan fingerprint density at radius 1 is 1.25 bits per heavy atom. The minimum atomic E-state index is 0. The molecule has 2 N–H and O–H groups in total. The van der Waals surface area contributed by atoms with E-state index < -0.39 is 0 Å². The fraction of sp³-hybridized carbons (Fsp3) is 0.429. The van der Waals surface area contributed by atoms with Gasteiger partial charge in [0.2, 0.25) is 0 Å². The molecule has 0 bridgehead atoms. The summed E-state index contributed by atoms with van der Waals surface area (Å²) in [6.07, 6.45) is 0.866. The highest BCUT2D eigenvalue weighted by Gasteiger charge is 2.12. The van der Waals surface area contributed by atoms with Crippen LogP contribution in [0.1, 0.15) is 41.6 Å². The van der Waals surface area contributed by atoms with Crippen molar-refractivity contribution in [3.8, 4) is 0 Å². The molecule has 0 saturated carbocycles. The standard InChI is InChI=1S/C14H21N.ClH/c1-9(2)6-13(15)14-11(4)7-10(3)8-12(14)5;/h7-8,13H,1,6,15H2,2-5H3;1H/t13-;/m0./s1. The van der Waals surface area contributed by atoms with Crippen molar-refractivity contribution in [2.24, 2.45) is 5.73 Å². The van der Waals surface area contributed by atoms with Crippen LogP contribution in [0.5, 0.6) is 0 Å². The topological polar surface area (TPSA) is 26.0 Å². The van der Waals surface area contributed by atoms with Crippen LogP contribution >= 0.6 is 12.4 Å². The minimum Gasteiger partial charge on any atom is -0.324 e. The summed E-state index contributed by atoms with van der Waals surface area (Å²) >= 11 is 0. The molecule has 1 aromatic carbocycles. The van der Waals surface area contributed by atoms with E-state index in [4.69, 9.17) is 5.73 Å².